The van der Waals surface area contributed by atoms with Gasteiger partial charge in [0.25, 0.3) is 0 Å². The van der Waals surface area contributed by atoms with Gasteiger partial charge in [-0.1, -0.05) is 20.8 Å². The molecular formula is C26H30F3N3O4. The Bertz CT molecular complexity index is 1250. The predicted molar refractivity (Wildman–Crippen MR) is 130 cm³/mol. The summed E-state index contributed by atoms with van der Waals surface area (Å²) in [6.07, 6.45) is -1.81. The Balaban J connectivity index is 1.80. The van der Waals surface area contributed by atoms with E-state index in [0.717, 1.165) is 24.8 Å². The van der Waals surface area contributed by atoms with Gasteiger partial charge in [-0.2, -0.15) is 0 Å². The van der Waals surface area contributed by atoms with Gasteiger partial charge in [-0.15, -0.1) is 13.2 Å². The summed E-state index contributed by atoms with van der Waals surface area (Å²) in [7, 11) is 2.79. The number of fused-ring (bicyclic) bond motifs is 1. The number of esters is 1. The van der Waals surface area contributed by atoms with Gasteiger partial charge >= 0.3 is 12.3 Å². The second-order valence-electron chi connectivity index (χ2n) is 10.1. The van der Waals surface area contributed by atoms with Crippen molar-refractivity contribution in [1.82, 2.24) is 9.55 Å². The largest absolute Gasteiger partial charge is 0.573 e. The third-order valence-electron chi connectivity index (χ3n) is 6.49. The first-order valence-electron chi connectivity index (χ1n) is 11.7. The first kappa shape index (κ1) is 25.7. The van der Waals surface area contributed by atoms with Crippen LogP contribution in [0.15, 0.2) is 36.4 Å². The molecule has 0 spiro atoms. The van der Waals surface area contributed by atoms with Crippen LogP contribution in [0.5, 0.6) is 11.5 Å². The van der Waals surface area contributed by atoms with Gasteiger partial charge in [0.15, 0.2) is 0 Å². The number of nitrogens with one attached hydrogen (secondary N) is 1. The molecule has 7 nitrogen and oxygen atoms in total. The number of carbonyl (C=O) groups is 1. The number of anilines is 2. The van der Waals surface area contributed by atoms with Crippen LogP contribution in [0.3, 0.4) is 0 Å². The molecule has 36 heavy (non-hydrogen) atoms. The van der Waals surface area contributed by atoms with Crippen molar-refractivity contribution < 1.29 is 32.2 Å². The van der Waals surface area contributed by atoms with E-state index in [4.69, 9.17) is 14.5 Å². The van der Waals surface area contributed by atoms with Gasteiger partial charge in [-0.3, -0.25) is 0 Å². The first-order valence-corrected chi connectivity index (χ1v) is 11.7. The second-order valence-corrected chi connectivity index (χ2v) is 10.1. The van der Waals surface area contributed by atoms with Crippen molar-refractivity contribution in [2.75, 3.05) is 19.5 Å². The van der Waals surface area contributed by atoms with Gasteiger partial charge in [0.1, 0.15) is 17.1 Å². The molecule has 4 rings (SSSR count). The Labute approximate surface area is 207 Å². The number of alkyl halides is 3. The fourth-order valence-electron chi connectivity index (χ4n) is 5.38. The van der Waals surface area contributed by atoms with Crippen LogP contribution in [-0.2, 0) is 4.74 Å². The molecule has 194 valence electrons. The zero-order valence-electron chi connectivity index (χ0n) is 20.9. The maximum atomic E-state index is 12.5. The Morgan fingerprint density at radius 2 is 1.83 bits per heavy atom. The summed E-state index contributed by atoms with van der Waals surface area (Å²) in [6, 6.07) is 9.01. The van der Waals surface area contributed by atoms with Crippen LogP contribution in [0.2, 0.25) is 0 Å². The number of rotatable bonds is 6. The van der Waals surface area contributed by atoms with Gasteiger partial charge in [0.2, 0.25) is 5.95 Å². The van der Waals surface area contributed by atoms with Crippen molar-refractivity contribution in [3.8, 4) is 11.5 Å². The van der Waals surface area contributed by atoms with Crippen molar-refractivity contribution in [3.63, 3.8) is 0 Å². The number of ether oxygens (including phenoxy) is 3. The minimum Gasteiger partial charge on any atom is -0.496 e. The van der Waals surface area contributed by atoms with Crippen molar-refractivity contribution >= 4 is 28.6 Å². The number of aromatic nitrogens is 2. The summed E-state index contributed by atoms with van der Waals surface area (Å²) in [5.41, 5.74) is 2.28. The minimum absolute atomic E-state index is 0.109. The zero-order valence-corrected chi connectivity index (χ0v) is 20.9. The van der Waals surface area contributed by atoms with E-state index in [2.05, 4.69) is 35.4 Å². The molecule has 10 heteroatoms. The number of benzene rings is 2. The van der Waals surface area contributed by atoms with Gasteiger partial charge < -0.3 is 24.1 Å². The van der Waals surface area contributed by atoms with Crippen LogP contribution in [-0.4, -0.2) is 36.1 Å². The molecular weight excluding hydrogens is 475 g/mol. The number of hydrogen-bond donors (Lipinski definition) is 1. The van der Waals surface area contributed by atoms with Gasteiger partial charge in [-0.25, -0.2) is 9.78 Å². The van der Waals surface area contributed by atoms with Crippen LogP contribution >= 0.6 is 0 Å². The summed E-state index contributed by atoms with van der Waals surface area (Å²) in [5.74, 6) is 0.536. The van der Waals surface area contributed by atoms with Crippen molar-refractivity contribution in [1.29, 1.82) is 0 Å². The third kappa shape index (κ3) is 5.52. The van der Waals surface area contributed by atoms with Gasteiger partial charge in [-0.05, 0) is 60.9 Å². The molecule has 1 N–H and O–H groups in total. The van der Waals surface area contributed by atoms with Crippen molar-refractivity contribution in [2.24, 2.45) is 11.3 Å². The third-order valence-corrected chi connectivity index (χ3v) is 6.49. The summed E-state index contributed by atoms with van der Waals surface area (Å²) >= 11 is 0. The highest BCUT2D eigenvalue weighted by atomic mass is 19.4. The highest BCUT2D eigenvalue weighted by Gasteiger charge is 2.35. The molecule has 2 atom stereocenters. The maximum Gasteiger partial charge on any atom is 0.573 e. The van der Waals surface area contributed by atoms with E-state index in [9.17, 15) is 18.0 Å². The van der Waals surface area contributed by atoms with E-state index >= 15 is 0 Å². The lowest BCUT2D eigenvalue weighted by atomic mass is 9.70. The fourth-order valence-corrected chi connectivity index (χ4v) is 5.38. The highest BCUT2D eigenvalue weighted by molar-refractivity contribution is 5.97. The highest BCUT2D eigenvalue weighted by Crippen LogP contribution is 2.46. The molecule has 1 aliphatic carbocycles. The summed E-state index contributed by atoms with van der Waals surface area (Å²) < 4.78 is 54.1. The number of halogens is 3. The standard InChI is InChI=1S/C26H30F3N3O4/c1-15-10-17(14-25(2,3)13-15)32-21-12-22(34-4)19(23(33)35-5)11-20(21)31-24(32)30-16-6-8-18(9-7-16)36-26(27,28)29/h6-9,11-12,15,17H,10,13-14H2,1-5H3,(H,30,31)/t15-,17?/m0/s1. The normalized spacial score (nSPS) is 19.7. The summed E-state index contributed by atoms with van der Waals surface area (Å²) in [4.78, 5) is 17.1. The lowest BCUT2D eigenvalue weighted by Crippen LogP contribution is -2.29. The second kappa shape index (κ2) is 9.55. The molecule has 0 amide bonds. The predicted octanol–water partition coefficient (Wildman–Crippen LogP) is 6.86. The topological polar surface area (TPSA) is 74.6 Å². The summed E-state index contributed by atoms with van der Waals surface area (Å²) in [5, 5.41) is 3.25. The number of imidazole rings is 1. The van der Waals surface area contributed by atoms with Crippen LogP contribution in [0.1, 0.15) is 56.4 Å². The quantitative estimate of drug-likeness (QED) is 0.369. The average Bonchev–Trinajstić information content (AvgIpc) is 3.13. The average molecular weight is 506 g/mol. The summed E-state index contributed by atoms with van der Waals surface area (Å²) in [6.45, 7) is 6.73. The van der Waals surface area contributed by atoms with E-state index in [-0.39, 0.29) is 22.8 Å². The molecule has 1 unspecified atom stereocenters. The maximum absolute atomic E-state index is 12.5. The molecule has 0 bridgehead atoms. The number of carbonyl (C=O) groups excluding carboxylic acids is 1. The monoisotopic (exact) mass is 505 g/mol. The van der Waals surface area contributed by atoms with Crippen molar-refractivity contribution in [2.45, 2.75) is 52.4 Å². The van der Waals surface area contributed by atoms with E-state index in [1.54, 1.807) is 12.1 Å². The van der Waals surface area contributed by atoms with Crippen LogP contribution in [0.4, 0.5) is 24.8 Å². The fraction of sp³-hybridized carbons (Fsp3) is 0.462. The first-order chi connectivity index (χ1) is 16.9. The Morgan fingerprint density at radius 1 is 1.14 bits per heavy atom. The zero-order chi connectivity index (χ0) is 26.3. The SMILES string of the molecule is COC(=O)c1cc2nc(Nc3ccc(OC(F)(F)F)cc3)n(C3C[C@H](C)CC(C)(C)C3)c2cc1OC. The van der Waals surface area contributed by atoms with E-state index < -0.39 is 12.3 Å². The van der Waals surface area contributed by atoms with Gasteiger partial charge in [0.05, 0.1) is 25.3 Å². The van der Waals surface area contributed by atoms with Crippen molar-refractivity contribution in [3.05, 3.63) is 42.0 Å². The Hall–Kier alpha value is -3.43. The van der Waals surface area contributed by atoms with E-state index in [1.165, 1.54) is 38.5 Å². The van der Waals surface area contributed by atoms with Crippen LogP contribution in [0, 0.1) is 11.3 Å². The molecule has 1 aliphatic rings. The number of nitrogens with zero attached hydrogens (tertiary/aromatic N) is 2. The smallest absolute Gasteiger partial charge is 0.496 e. The van der Waals surface area contributed by atoms with Gasteiger partial charge in [0, 0.05) is 17.8 Å². The molecule has 1 aromatic heterocycles. The molecule has 1 heterocycles. The van der Waals surface area contributed by atoms with Crippen LogP contribution in [0.25, 0.3) is 11.0 Å². The molecule has 1 fully saturated rings. The van der Waals surface area contributed by atoms with E-state index in [0.29, 0.717) is 28.8 Å². The Kier molecular flexibility index (Phi) is 6.81. The van der Waals surface area contributed by atoms with E-state index in [1.807, 2.05) is 0 Å². The molecule has 0 aliphatic heterocycles. The molecule has 0 radical (unpaired) electrons. The minimum atomic E-state index is -4.76. The number of hydrogen-bond acceptors (Lipinski definition) is 6. The lowest BCUT2D eigenvalue weighted by molar-refractivity contribution is -0.274. The number of methoxy groups -OCH3 is 2. The molecule has 0 saturated heterocycles. The Morgan fingerprint density at radius 3 is 2.42 bits per heavy atom. The molecule has 2 aromatic carbocycles. The lowest BCUT2D eigenvalue weighted by Gasteiger charge is -2.40. The van der Waals surface area contributed by atoms with Crippen LogP contribution < -0.4 is 14.8 Å². The molecule has 1 saturated carbocycles. The molecule has 3 aromatic rings.